The molecule has 35 heavy (non-hydrogen) atoms. The summed E-state index contributed by atoms with van der Waals surface area (Å²) in [6, 6.07) is 16.5. The minimum absolute atomic E-state index is 0.191. The first kappa shape index (κ1) is 22.8. The Labute approximate surface area is 203 Å². The van der Waals surface area contributed by atoms with E-state index in [-0.39, 0.29) is 23.1 Å². The van der Waals surface area contributed by atoms with Gasteiger partial charge in [0.15, 0.2) is 0 Å². The number of hydrogen-bond donors (Lipinski definition) is 1. The molecule has 2 amide bonds. The fourth-order valence-electron chi connectivity index (χ4n) is 4.96. The summed E-state index contributed by atoms with van der Waals surface area (Å²) in [6.07, 6.45) is 3.45. The third kappa shape index (κ3) is 4.54. The fourth-order valence-corrected chi connectivity index (χ4v) is 4.96. The van der Waals surface area contributed by atoms with Crippen molar-refractivity contribution in [2.45, 2.75) is 38.9 Å². The van der Waals surface area contributed by atoms with E-state index in [1.807, 2.05) is 30.3 Å². The highest BCUT2D eigenvalue weighted by atomic mass is 19.1. The molecular weight excluding hydrogens is 445 g/mol. The molecule has 1 aromatic heterocycles. The largest absolute Gasteiger partial charge is 0.322 e. The number of hydrogen-bond acceptors (Lipinski definition) is 4. The summed E-state index contributed by atoms with van der Waals surface area (Å²) in [6.45, 7) is 2.57. The van der Waals surface area contributed by atoms with Crippen LogP contribution in [0.15, 0.2) is 54.7 Å². The molecule has 3 aromatic rings. The molecule has 1 N–H and O–H groups in total. The minimum atomic E-state index is -0.734. The number of nitrogens with one attached hydrogen (secondary N) is 1. The Kier molecular flexibility index (Phi) is 6.08. The highest BCUT2D eigenvalue weighted by molar-refractivity contribution is 6.15. The number of alkyl halides is 1. The van der Waals surface area contributed by atoms with E-state index in [0.717, 1.165) is 24.9 Å². The molecule has 0 saturated heterocycles. The molecule has 8 heteroatoms. The first-order valence-corrected chi connectivity index (χ1v) is 11.8. The number of nitrogens with zero attached hydrogens (tertiary/aromatic N) is 4. The zero-order valence-corrected chi connectivity index (χ0v) is 19.4. The molecule has 0 bridgehead atoms. The van der Waals surface area contributed by atoms with Crippen LogP contribution in [0.2, 0.25) is 0 Å². The molecule has 178 valence electrons. The Balaban J connectivity index is 1.29. The Bertz CT molecular complexity index is 1300. The number of rotatable bonds is 6. The maximum absolute atomic E-state index is 13.4. The Morgan fingerprint density at radius 1 is 1.23 bits per heavy atom. The van der Waals surface area contributed by atoms with Gasteiger partial charge in [-0.1, -0.05) is 18.2 Å². The number of fused-ring (bicyclic) bond motifs is 1. The lowest BCUT2D eigenvalue weighted by atomic mass is 9.70. The van der Waals surface area contributed by atoms with Crippen LogP contribution in [-0.4, -0.2) is 34.3 Å². The molecule has 1 aliphatic carbocycles. The molecule has 7 nitrogen and oxygen atoms in total. The number of aromatic nitrogens is 2. The van der Waals surface area contributed by atoms with Crippen molar-refractivity contribution in [2.24, 2.45) is 11.8 Å². The lowest BCUT2D eigenvalue weighted by Gasteiger charge is -2.36. The average molecular weight is 472 g/mol. The number of halogens is 1. The Morgan fingerprint density at radius 3 is 2.71 bits per heavy atom. The molecule has 0 spiro atoms. The van der Waals surface area contributed by atoms with Gasteiger partial charge >= 0.3 is 0 Å². The van der Waals surface area contributed by atoms with E-state index in [4.69, 9.17) is 5.26 Å². The third-order valence-electron chi connectivity index (χ3n) is 7.01. The van der Waals surface area contributed by atoms with Crippen LogP contribution < -0.4 is 10.2 Å². The van der Waals surface area contributed by atoms with Crippen LogP contribution >= 0.6 is 0 Å². The molecule has 1 aliphatic heterocycles. The van der Waals surface area contributed by atoms with Gasteiger partial charge in [0.25, 0.3) is 11.8 Å². The molecule has 0 radical (unpaired) electrons. The van der Waals surface area contributed by atoms with Gasteiger partial charge in [-0.15, -0.1) is 0 Å². The number of carbonyl (C=O) groups is 2. The van der Waals surface area contributed by atoms with E-state index in [0.29, 0.717) is 30.3 Å². The van der Waals surface area contributed by atoms with Gasteiger partial charge < -0.3 is 10.2 Å². The van der Waals surface area contributed by atoms with Crippen LogP contribution in [0.3, 0.4) is 0 Å². The molecule has 1 saturated carbocycles. The molecule has 2 aromatic carbocycles. The second-order valence-electron chi connectivity index (χ2n) is 9.38. The van der Waals surface area contributed by atoms with Gasteiger partial charge in [-0.05, 0) is 73.9 Å². The van der Waals surface area contributed by atoms with E-state index in [1.165, 1.54) is 11.8 Å². The Morgan fingerprint density at radius 2 is 2.00 bits per heavy atom. The number of amides is 2. The van der Waals surface area contributed by atoms with Crippen LogP contribution in [-0.2, 0) is 13.0 Å². The van der Waals surface area contributed by atoms with Crippen LogP contribution in [0.5, 0.6) is 0 Å². The van der Waals surface area contributed by atoms with E-state index < -0.39 is 12.1 Å². The van der Waals surface area contributed by atoms with Crippen molar-refractivity contribution in [3.63, 3.8) is 0 Å². The Hall–Kier alpha value is -3.99. The number of benzene rings is 2. The number of anilines is 2. The summed E-state index contributed by atoms with van der Waals surface area (Å²) in [5.74, 6) is -0.0220. The van der Waals surface area contributed by atoms with Gasteiger partial charge in [0.05, 0.1) is 29.9 Å². The van der Waals surface area contributed by atoms with Crippen molar-refractivity contribution in [3.8, 4) is 6.07 Å². The molecular formula is C27H26FN5O2. The number of carbonyl (C=O) groups excluding carboxylic acids is 2. The zero-order chi connectivity index (χ0) is 24.5. The molecule has 1 atom stereocenters. The normalized spacial score (nSPS) is 19.9. The number of nitriles is 1. The molecule has 5 rings (SSSR count). The van der Waals surface area contributed by atoms with Crippen LogP contribution in [0.1, 0.15) is 51.7 Å². The summed E-state index contributed by atoms with van der Waals surface area (Å²) in [4.78, 5) is 28.0. The summed E-state index contributed by atoms with van der Waals surface area (Å²) < 4.78 is 14.9. The lowest BCUT2D eigenvalue weighted by Crippen LogP contribution is -2.41. The van der Waals surface area contributed by atoms with E-state index in [1.54, 1.807) is 40.8 Å². The predicted molar refractivity (Wildman–Crippen MR) is 130 cm³/mol. The van der Waals surface area contributed by atoms with E-state index in [2.05, 4.69) is 10.4 Å². The first-order valence-electron chi connectivity index (χ1n) is 11.8. The van der Waals surface area contributed by atoms with Crippen molar-refractivity contribution in [2.75, 3.05) is 16.8 Å². The zero-order valence-electron chi connectivity index (χ0n) is 19.4. The molecule has 2 heterocycles. The van der Waals surface area contributed by atoms with Crippen molar-refractivity contribution in [1.82, 2.24) is 9.78 Å². The minimum Gasteiger partial charge on any atom is -0.322 e. The second kappa shape index (κ2) is 9.34. The van der Waals surface area contributed by atoms with Crippen molar-refractivity contribution in [1.29, 1.82) is 5.26 Å². The monoisotopic (exact) mass is 471 g/mol. The van der Waals surface area contributed by atoms with Gasteiger partial charge in [-0.2, -0.15) is 10.4 Å². The van der Waals surface area contributed by atoms with Crippen molar-refractivity contribution < 1.29 is 14.0 Å². The molecule has 1 fully saturated rings. The standard InChI is InChI=1S/C27H26FN5O2/c1-17(28)21-12-20(13-21)11-18-5-7-23(8-6-18)32-9-10-33-25(27(32)35)24(16-30-33)26(34)31-22-4-2-3-19(14-22)15-29/h2-8,14,16-17,20-21H,9-13H2,1H3,(H,31,34). The summed E-state index contributed by atoms with van der Waals surface area (Å²) >= 11 is 0. The van der Waals surface area contributed by atoms with Crippen LogP contribution in [0, 0.1) is 23.2 Å². The van der Waals surface area contributed by atoms with Crippen LogP contribution in [0.25, 0.3) is 0 Å². The lowest BCUT2D eigenvalue weighted by molar-refractivity contribution is 0.0947. The van der Waals surface area contributed by atoms with Crippen molar-refractivity contribution in [3.05, 3.63) is 77.1 Å². The highest BCUT2D eigenvalue weighted by Gasteiger charge is 2.34. The maximum atomic E-state index is 13.4. The third-order valence-corrected chi connectivity index (χ3v) is 7.01. The highest BCUT2D eigenvalue weighted by Crippen LogP contribution is 2.39. The van der Waals surface area contributed by atoms with Crippen molar-refractivity contribution >= 4 is 23.2 Å². The maximum Gasteiger partial charge on any atom is 0.277 e. The molecule has 2 aliphatic rings. The van der Waals surface area contributed by atoms with E-state index in [9.17, 15) is 14.0 Å². The fraction of sp³-hybridized carbons (Fsp3) is 0.333. The van der Waals surface area contributed by atoms with Gasteiger partial charge in [-0.25, -0.2) is 4.39 Å². The topological polar surface area (TPSA) is 91.0 Å². The summed E-state index contributed by atoms with van der Waals surface area (Å²) in [7, 11) is 0. The van der Waals surface area contributed by atoms with Gasteiger partial charge in [-0.3, -0.25) is 14.3 Å². The summed E-state index contributed by atoms with van der Waals surface area (Å²) in [5, 5.41) is 16.1. The molecule has 1 unspecified atom stereocenters. The predicted octanol–water partition coefficient (Wildman–Crippen LogP) is 4.59. The first-order chi connectivity index (χ1) is 16.9. The van der Waals surface area contributed by atoms with Gasteiger partial charge in [0.2, 0.25) is 0 Å². The smallest absolute Gasteiger partial charge is 0.277 e. The summed E-state index contributed by atoms with van der Waals surface area (Å²) in [5.41, 5.74) is 3.29. The second-order valence-corrected chi connectivity index (χ2v) is 9.38. The van der Waals surface area contributed by atoms with Gasteiger partial charge in [0.1, 0.15) is 11.9 Å². The van der Waals surface area contributed by atoms with Gasteiger partial charge in [0, 0.05) is 17.9 Å². The van der Waals surface area contributed by atoms with Crippen LogP contribution in [0.4, 0.5) is 15.8 Å². The van der Waals surface area contributed by atoms with E-state index >= 15 is 0 Å². The SMILES string of the molecule is CC(F)C1CC(Cc2ccc(N3CCn4ncc(C(=O)Nc5cccc(C#N)c5)c4C3=O)cc2)C1. The quantitative estimate of drug-likeness (QED) is 0.569. The average Bonchev–Trinajstić information content (AvgIpc) is 3.27.